The van der Waals surface area contributed by atoms with E-state index in [0.29, 0.717) is 18.8 Å². The van der Waals surface area contributed by atoms with Gasteiger partial charge in [0.1, 0.15) is 11.5 Å². The first-order chi connectivity index (χ1) is 12.1. The molecule has 2 aliphatic heterocycles. The fourth-order valence-corrected chi connectivity index (χ4v) is 4.10. The standard InChI is InChI=1S/C19H27N3O3/c1-13-12-16(13)17-4-2-15(25-17)3-5-18(23)21-9-6-14(7-10-21)22-11-8-20-19(22)24/h2,4,13-14,16H,3,5-12H2,1H3,(H,20,24)/t13-,16-/m1/s1. The summed E-state index contributed by atoms with van der Waals surface area (Å²) in [4.78, 5) is 28.1. The van der Waals surface area contributed by atoms with Gasteiger partial charge >= 0.3 is 6.03 Å². The lowest BCUT2D eigenvalue weighted by Gasteiger charge is -2.36. The van der Waals surface area contributed by atoms with Crippen LogP contribution in [0.15, 0.2) is 16.5 Å². The normalized spacial score (nSPS) is 26.8. The minimum absolute atomic E-state index is 0.0448. The van der Waals surface area contributed by atoms with E-state index in [-0.39, 0.29) is 18.0 Å². The minimum Gasteiger partial charge on any atom is -0.466 e. The van der Waals surface area contributed by atoms with Crippen molar-refractivity contribution in [2.75, 3.05) is 26.2 Å². The van der Waals surface area contributed by atoms with Crippen molar-refractivity contribution in [2.24, 2.45) is 5.92 Å². The largest absolute Gasteiger partial charge is 0.466 e. The smallest absolute Gasteiger partial charge is 0.317 e. The van der Waals surface area contributed by atoms with E-state index < -0.39 is 0 Å². The summed E-state index contributed by atoms with van der Waals surface area (Å²) in [5.41, 5.74) is 0. The molecule has 1 saturated carbocycles. The number of furan rings is 1. The van der Waals surface area contributed by atoms with Crippen molar-refractivity contribution in [3.63, 3.8) is 0 Å². The van der Waals surface area contributed by atoms with E-state index in [0.717, 1.165) is 56.5 Å². The van der Waals surface area contributed by atoms with Gasteiger partial charge in [0.15, 0.2) is 0 Å². The molecule has 0 bridgehead atoms. The molecule has 3 amide bonds. The third-order valence-electron chi connectivity index (χ3n) is 5.89. The number of piperidine rings is 1. The monoisotopic (exact) mass is 345 g/mol. The molecule has 2 atom stereocenters. The Hall–Kier alpha value is -1.98. The molecule has 0 unspecified atom stereocenters. The van der Waals surface area contributed by atoms with Crippen LogP contribution in [0.5, 0.6) is 0 Å². The summed E-state index contributed by atoms with van der Waals surface area (Å²) in [6.45, 7) is 5.26. The van der Waals surface area contributed by atoms with Gasteiger partial charge in [-0.2, -0.15) is 0 Å². The summed E-state index contributed by atoms with van der Waals surface area (Å²) in [6.07, 6.45) is 4.15. The lowest BCUT2D eigenvalue weighted by molar-refractivity contribution is -0.132. The third kappa shape index (κ3) is 3.53. The molecule has 6 nitrogen and oxygen atoms in total. The lowest BCUT2D eigenvalue weighted by atomic mass is 10.0. The maximum absolute atomic E-state index is 12.5. The van der Waals surface area contributed by atoms with Crippen molar-refractivity contribution < 1.29 is 14.0 Å². The number of carbonyl (C=O) groups is 2. The minimum atomic E-state index is 0.0448. The van der Waals surface area contributed by atoms with Crippen LogP contribution in [-0.4, -0.2) is 54.0 Å². The van der Waals surface area contributed by atoms with Gasteiger partial charge < -0.3 is 19.5 Å². The number of amides is 3. The van der Waals surface area contributed by atoms with E-state index in [9.17, 15) is 9.59 Å². The number of hydrogen-bond acceptors (Lipinski definition) is 3. The first kappa shape index (κ1) is 16.5. The molecule has 0 aromatic carbocycles. The van der Waals surface area contributed by atoms with E-state index in [1.54, 1.807) is 0 Å². The molecule has 1 aromatic rings. The maximum Gasteiger partial charge on any atom is 0.317 e. The van der Waals surface area contributed by atoms with Gasteiger partial charge in [0.05, 0.1) is 0 Å². The van der Waals surface area contributed by atoms with Crippen LogP contribution in [0.4, 0.5) is 4.79 Å². The SMILES string of the molecule is C[C@@H]1C[C@H]1c1ccc(CCC(=O)N2CCC(N3CCNC3=O)CC2)o1. The fraction of sp³-hybridized carbons (Fsp3) is 0.684. The van der Waals surface area contributed by atoms with Gasteiger partial charge in [0, 0.05) is 51.0 Å². The average molecular weight is 345 g/mol. The van der Waals surface area contributed by atoms with Crippen LogP contribution in [0, 0.1) is 5.92 Å². The van der Waals surface area contributed by atoms with Crippen molar-refractivity contribution in [1.82, 2.24) is 15.1 Å². The summed E-state index contributed by atoms with van der Waals surface area (Å²) in [7, 11) is 0. The van der Waals surface area contributed by atoms with Crippen LogP contribution in [0.1, 0.15) is 50.0 Å². The molecule has 4 rings (SSSR count). The fourth-order valence-electron chi connectivity index (χ4n) is 4.10. The third-order valence-corrected chi connectivity index (χ3v) is 5.89. The number of nitrogens with one attached hydrogen (secondary N) is 1. The Morgan fingerprint density at radius 2 is 2.04 bits per heavy atom. The molecule has 3 heterocycles. The highest BCUT2D eigenvalue weighted by atomic mass is 16.3. The quantitative estimate of drug-likeness (QED) is 0.891. The van der Waals surface area contributed by atoms with E-state index >= 15 is 0 Å². The number of hydrogen-bond donors (Lipinski definition) is 1. The van der Waals surface area contributed by atoms with Gasteiger partial charge in [0.2, 0.25) is 5.91 Å². The van der Waals surface area contributed by atoms with Gasteiger partial charge in [0.25, 0.3) is 0 Å². The van der Waals surface area contributed by atoms with Crippen LogP contribution >= 0.6 is 0 Å². The molecule has 1 N–H and O–H groups in total. The highest BCUT2D eigenvalue weighted by molar-refractivity contribution is 5.77. The highest BCUT2D eigenvalue weighted by Gasteiger charge is 2.36. The van der Waals surface area contributed by atoms with Gasteiger partial charge in [-0.3, -0.25) is 4.79 Å². The van der Waals surface area contributed by atoms with Gasteiger partial charge in [-0.15, -0.1) is 0 Å². The van der Waals surface area contributed by atoms with Crippen LogP contribution in [0.25, 0.3) is 0 Å². The summed E-state index contributed by atoms with van der Waals surface area (Å²) in [6, 6.07) is 4.41. The Morgan fingerprint density at radius 1 is 1.28 bits per heavy atom. The van der Waals surface area contributed by atoms with Gasteiger partial charge in [-0.25, -0.2) is 4.79 Å². The van der Waals surface area contributed by atoms with Crippen molar-refractivity contribution in [2.45, 2.75) is 51.0 Å². The molecule has 2 saturated heterocycles. The first-order valence-electron chi connectivity index (χ1n) is 9.52. The summed E-state index contributed by atoms with van der Waals surface area (Å²) >= 11 is 0. The van der Waals surface area contributed by atoms with E-state index in [2.05, 4.69) is 18.3 Å². The maximum atomic E-state index is 12.5. The summed E-state index contributed by atoms with van der Waals surface area (Å²) < 4.78 is 5.89. The number of rotatable bonds is 5. The zero-order valence-corrected chi connectivity index (χ0v) is 14.9. The van der Waals surface area contributed by atoms with Crippen LogP contribution < -0.4 is 5.32 Å². The second-order valence-corrected chi connectivity index (χ2v) is 7.66. The second-order valence-electron chi connectivity index (χ2n) is 7.66. The Balaban J connectivity index is 1.22. The van der Waals surface area contributed by atoms with E-state index in [1.807, 2.05) is 15.9 Å². The number of carbonyl (C=O) groups excluding carboxylic acids is 2. The molecule has 0 radical (unpaired) electrons. The predicted octanol–water partition coefficient (Wildman–Crippen LogP) is 2.35. The number of likely N-dealkylation sites (tertiary alicyclic amines) is 1. The van der Waals surface area contributed by atoms with E-state index in [1.165, 1.54) is 6.42 Å². The molecule has 3 aliphatic rings. The summed E-state index contributed by atoms with van der Waals surface area (Å²) in [5.74, 6) is 3.53. The van der Waals surface area contributed by atoms with Crippen molar-refractivity contribution in [3.8, 4) is 0 Å². The van der Waals surface area contributed by atoms with E-state index in [4.69, 9.17) is 4.42 Å². The Kier molecular flexibility index (Phi) is 4.44. The van der Waals surface area contributed by atoms with Crippen LogP contribution in [0.2, 0.25) is 0 Å². The molecule has 3 fully saturated rings. The molecule has 25 heavy (non-hydrogen) atoms. The zero-order valence-electron chi connectivity index (χ0n) is 14.9. The Bertz CT molecular complexity index is 648. The lowest BCUT2D eigenvalue weighted by Crippen LogP contribution is -2.47. The first-order valence-corrected chi connectivity index (χ1v) is 9.52. The van der Waals surface area contributed by atoms with Crippen LogP contribution in [-0.2, 0) is 11.2 Å². The van der Waals surface area contributed by atoms with Gasteiger partial charge in [-0.1, -0.05) is 6.92 Å². The molecule has 1 aromatic heterocycles. The average Bonchev–Trinajstić information content (AvgIpc) is 3.01. The topological polar surface area (TPSA) is 65.8 Å². The number of aryl methyl sites for hydroxylation is 1. The molecule has 6 heteroatoms. The molecular weight excluding hydrogens is 318 g/mol. The molecule has 0 spiro atoms. The molecule has 136 valence electrons. The van der Waals surface area contributed by atoms with Crippen LogP contribution in [0.3, 0.4) is 0 Å². The number of nitrogens with zero attached hydrogens (tertiary/aromatic N) is 2. The zero-order chi connectivity index (χ0) is 17.4. The van der Waals surface area contributed by atoms with Crippen molar-refractivity contribution >= 4 is 11.9 Å². The number of urea groups is 1. The summed E-state index contributed by atoms with van der Waals surface area (Å²) in [5, 5.41) is 2.85. The van der Waals surface area contributed by atoms with Gasteiger partial charge in [-0.05, 0) is 37.3 Å². The Labute approximate surface area is 148 Å². The van der Waals surface area contributed by atoms with Crippen molar-refractivity contribution in [3.05, 3.63) is 23.7 Å². The molecular formula is C19H27N3O3. The highest BCUT2D eigenvalue weighted by Crippen LogP contribution is 2.47. The predicted molar refractivity (Wildman–Crippen MR) is 93.3 cm³/mol. The molecule has 1 aliphatic carbocycles. The second kappa shape index (κ2) is 6.73. The Morgan fingerprint density at radius 3 is 2.68 bits per heavy atom. The van der Waals surface area contributed by atoms with Crippen molar-refractivity contribution in [1.29, 1.82) is 0 Å².